The van der Waals surface area contributed by atoms with Crippen LogP contribution in [0.5, 0.6) is 0 Å². The number of hydrogen-bond donors (Lipinski definition) is 0. The third-order valence-electron chi connectivity index (χ3n) is 3.02. The Kier molecular flexibility index (Phi) is 4.42. The molecule has 1 aliphatic rings. The molecule has 2 rings (SSSR count). The van der Waals surface area contributed by atoms with Crippen LogP contribution in [0.2, 0.25) is 0 Å². The lowest BCUT2D eigenvalue weighted by atomic mass is 9.94. The summed E-state index contributed by atoms with van der Waals surface area (Å²) in [5, 5.41) is 1.62. The van der Waals surface area contributed by atoms with Gasteiger partial charge in [0.25, 0.3) is 5.91 Å². The van der Waals surface area contributed by atoms with Gasteiger partial charge in [-0.3, -0.25) is 4.79 Å². The number of carbonyl (C=O) groups excluding carboxylic acids is 2. The highest BCUT2D eigenvalue weighted by molar-refractivity contribution is 9.09. The summed E-state index contributed by atoms with van der Waals surface area (Å²) in [4.78, 5) is 27.9. The zero-order valence-electron chi connectivity index (χ0n) is 10.4. The van der Waals surface area contributed by atoms with Crippen molar-refractivity contribution in [2.24, 2.45) is 5.92 Å². The van der Waals surface area contributed by atoms with E-state index in [1.165, 1.54) is 0 Å². The van der Waals surface area contributed by atoms with Crippen LogP contribution in [0.1, 0.15) is 12.5 Å². The van der Waals surface area contributed by atoms with E-state index in [0.717, 1.165) is 10.6 Å². The van der Waals surface area contributed by atoms with E-state index in [0.29, 0.717) is 5.33 Å². The van der Waals surface area contributed by atoms with Crippen LogP contribution in [0.4, 0.5) is 4.79 Å². The number of halogens is 1. The maximum absolute atomic E-state index is 11.5. The van der Waals surface area contributed by atoms with Gasteiger partial charge in [0.2, 0.25) is 0 Å². The molecule has 1 heterocycles. The Morgan fingerprint density at radius 2 is 2.05 bits per heavy atom. The maximum Gasteiger partial charge on any atom is 0.533 e. The molecule has 1 amide bonds. The number of benzene rings is 1. The van der Waals surface area contributed by atoms with E-state index in [4.69, 9.17) is 9.57 Å². The molecular weight excluding hydrogens is 314 g/mol. The van der Waals surface area contributed by atoms with Crippen LogP contribution < -0.4 is 0 Å². The molecule has 1 aromatic rings. The third kappa shape index (κ3) is 3.07. The number of carbonyl (C=O) groups is 2. The van der Waals surface area contributed by atoms with Crippen molar-refractivity contribution in [2.75, 3.05) is 5.33 Å². The summed E-state index contributed by atoms with van der Waals surface area (Å²) in [7, 11) is 0. The van der Waals surface area contributed by atoms with Gasteiger partial charge in [0.05, 0.1) is 12.0 Å². The van der Waals surface area contributed by atoms with Crippen molar-refractivity contribution >= 4 is 28.0 Å². The number of nitrogens with zero attached hydrogens (tertiary/aromatic N) is 1. The van der Waals surface area contributed by atoms with Gasteiger partial charge in [0.1, 0.15) is 6.61 Å². The van der Waals surface area contributed by atoms with Gasteiger partial charge in [0.15, 0.2) is 0 Å². The molecule has 2 atom stereocenters. The summed E-state index contributed by atoms with van der Waals surface area (Å²) in [5.74, 6) is -0.345. The molecule has 0 spiro atoms. The fraction of sp³-hybridized carbons (Fsp3) is 0.385. The standard InChI is InChI=1S/C13H14BrNO4/c1-9-11(7-14)15(12(9)16)19-13(17)18-8-10-5-3-2-4-6-10/h2-6,9,11H,7-8H2,1H3. The van der Waals surface area contributed by atoms with Crippen molar-refractivity contribution in [3.05, 3.63) is 35.9 Å². The van der Waals surface area contributed by atoms with E-state index < -0.39 is 6.16 Å². The minimum absolute atomic E-state index is 0.121. The van der Waals surface area contributed by atoms with Gasteiger partial charge in [-0.15, -0.1) is 0 Å². The smallest absolute Gasteiger partial charge is 0.428 e. The van der Waals surface area contributed by atoms with Crippen LogP contribution in [0.25, 0.3) is 0 Å². The maximum atomic E-state index is 11.5. The summed E-state index contributed by atoms with van der Waals surface area (Å²) in [6.45, 7) is 1.92. The Morgan fingerprint density at radius 3 is 2.68 bits per heavy atom. The van der Waals surface area contributed by atoms with Crippen molar-refractivity contribution < 1.29 is 19.2 Å². The fourth-order valence-corrected chi connectivity index (χ4v) is 2.61. The van der Waals surface area contributed by atoms with Crippen LogP contribution in [-0.4, -0.2) is 28.5 Å². The Labute approximate surface area is 119 Å². The molecule has 0 N–H and O–H groups in total. The number of rotatable bonds is 4. The molecule has 102 valence electrons. The van der Waals surface area contributed by atoms with Crippen molar-refractivity contribution in [1.82, 2.24) is 5.06 Å². The molecule has 0 aromatic heterocycles. The van der Waals surface area contributed by atoms with Gasteiger partial charge >= 0.3 is 6.16 Å². The average molecular weight is 328 g/mol. The number of ether oxygens (including phenoxy) is 1. The highest BCUT2D eigenvalue weighted by atomic mass is 79.9. The monoisotopic (exact) mass is 327 g/mol. The molecule has 1 aliphatic heterocycles. The summed E-state index contributed by atoms with van der Waals surface area (Å²) >= 11 is 3.27. The van der Waals surface area contributed by atoms with Crippen LogP contribution in [0.15, 0.2) is 30.3 Å². The first-order chi connectivity index (χ1) is 9.13. The topological polar surface area (TPSA) is 55.8 Å². The molecule has 1 aromatic carbocycles. The van der Waals surface area contributed by atoms with Crippen molar-refractivity contribution in [2.45, 2.75) is 19.6 Å². The largest absolute Gasteiger partial charge is 0.533 e. The number of alkyl halides is 1. The van der Waals surface area contributed by atoms with Gasteiger partial charge in [0, 0.05) is 5.33 Å². The predicted octanol–water partition coefficient (Wildman–Crippen LogP) is 2.50. The zero-order valence-corrected chi connectivity index (χ0v) is 12.0. The number of hydrogen-bond acceptors (Lipinski definition) is 4. The van der Waals surface area contributed by atoms with Crippen molar-refractivity contribution in [3.63, 3.8) is 0 Å². The Bertz CT molecular complexity index is 465. The first kappa shape index (κ1) is 13.9. The minimum Gasteiger partial charge on any atom is -0.428 e. The summed E-state index contributed by atoms with van der Waals surface area (Å²) < 4.78 is 4.94. The van der Waals surface area contributed by atoms with Gasteiger partial charge in [-0.05, 0) is 5.56 Å². The lowest BCUT2D eigenvalue weighted by molar-refractivity contribution is -0.219. The quantitative estimate of drug-likeness (QED) is 0.484. The highest BCUT2D eigenvalue weighted by Gasteiger charge is 2.46. The first-order valence-electron chi connectivity index (χ1n) is 5.91. The fourth-order valence-electron chi connectivity index (χ4n) is 1.78. The average Bonchev–Trinajstić information content (AvgIpc) is 2.45. The van der Waals surface area contributed by atoms with E-state index in [1.54, 1.807) is 6.92 Å². The van der Waals surface area contributed by atoms with Crippen LogP contribution in [-0.2, 0) is 21.0 Å². The molecule has 19 heavy (non-hydrogen) atoms. The summed E-state index contributed by atoms with van der Waals surface area (Å²) in [5.41, 5.74) is 0.861. The normalized spacial score (nSPS) is 21.8. The van der Waals surface area contributed by atoms with Gasteiger partial charge < -0.3 is 9.57 Å². The van der Waals surface area contributed by atoms with E-state index in [9.17, 15) is 9.59 Å². The van der Waals surface area contributed by atoms with E-state index in [2.05, 4.69) is 15.9 Å². The molecule has 0 bridgehead atoms. The van der Waals surface area contributed by atoms with Gasteiger partial charge in [-0.2, -0.15) is 5.06 Å². The van der Waals surface area contributed by atoms with Crippen molar-refractivity contribution in [3.8, 4) is 0 Å². The second-order valence-electron chi connectivity index (χ2n) is 4.29. The second-order valence-corrected chi connectivity index (χ2v) is 4.94. The first-order valence-corrected chi connectivity index (χ1v) is 7.03. The van der Waals surface area contributed by atoms with E-state index in [1.807, 2.05) is 30.3 Å². The Hall–Kier alpha value is -1.56. The molecule has 2 unspecified atom stereocenters. The number of amides is 1. The second kappa shape index (κ2) is 6.06. The summed E-state index contributed by atoms with van der Waals surface area (Å²) in [6, 6.07) is 9.13. The molecular formula is C13H14BrNO4. The number of hydroxylamine groups is 2. The lowest BCUT2D eigenvalue weighted by Gasteiger charge is -2.41. The molecule has 0 aliphatic carbocycles. The van der Waals surface area contributed by atoms with Crippen LogP contribution in [0, 0.1) is 5.92 Å². The minimum atomic E-state index is -0.866. The van der Waals surface area contributed by atoms with Crippen LogP contribution >= 0.6 is 15.9 Å². The summed E-state index contributed by atoms with van der Waals surface area (Å²) in [6.07, 6.45) is -0.866. The molecule has 0 saturated carbocycles. The highest BCUT2D eigenvalue weighted by Crippen LogP contribution is 2.28. The van der Waals surface area contributed by atoms with Crippen LogP contribution in [0.3, 0.4) is 0 Å². The van der Waals surface area contributed by atoms with Crippen molar-refractivity contribution in [1.29, 1.82) is 0 Å². The SMILES string of the molecule is CC1C(=O)N(OC(=O)OCc2ccccc2)C1CBr. The zero-order chi connectivity index (χ0) is 13.8. The molecule has 1 fully saturated rings. The third-order valence-corrected chi connectivity index (χ3v) is 3.68. The van der Waals surface area contributed by atoms with Gasteiger partial charge in [-0.1, -0.05) is 53.2 Å². The predicted molar refractivity (Wildman–Crippen MR) is 71.3 cm³/mol. The molecule has 1 saturated heterocycles. The Balaban J connectivity index is 1.80. The van der Waals surface area contributed by atoms with Gasteiger partial charge in [-0.25, -0.2) is 4.79 Å². The lowest BCUT2D eigenvalue weighted by Crippen LogP contribution is -2.60. The molecule has 5 nitrogen and oxygen atoms in total. The van der Waals surface area contributed by atoms with E-state index >= 15 is 0 Å². The van der Waals surface area contributed by atoms with E-state index in [-0.39, 0.29) is 24.5 Å². The Morgan fingerprint density at radius 1 is 1.37 bits per heavy atom. The molecule has 0 radical (unpaired) electrons. The molecule has 6 heteroatoms. The number of β-lactam (4-membered cyclic amide) rings is 1.